The monoisotopic (exact) mass is 236 g/mol. The maximum atomic E-state index is 10.3. The molecule has 1 fully saturated rings. The molecule has 1 nitrogen and oxygen atoms in total. The lowest BCUT2D eigenvalue weighted by molar-refractivity contribution is 0.452. The minimum atomic E-state index is 0.367. The SMILES string of the molecule is CSC(C)c1cccc(C(C)C2CC2)c1O. The van der Waals surface area contributed by atoms with Crippen LogP contribution >= 0.6 is 11.8 Å². The first-order valence-corrected chi connectivity index (χ1v) is 7.28. The van der Waals surface area contributed by atoms with Crippen LogP contribution in [0.4, 0.5) is 0 Å². The fourth-order valence-electron chi connectivity index (χ4n) is 2.25. The summed E-state index contributed by atoms with van der Waals surface area (Å²) in [5.41, 5.74) is 2.22. The maximum absolute atomic E-state index is 10.3. The van der Waals surface area contributed by atoms with Crippen molar-refractivity contribution in [2.75, 3.05) is 6.26 Å². The van der Waals surface area contributed by atoms with E-state index in [1.54, 1.807) is 11.8 Å². The highest BCUT2D eigenvalue weighted by Gasteiger charge is 2.31. The Balaban J connectivity index is 2.31. The molecular formula is C14H20OS. The van der Waals surface area contributed by atoms with E-state index in [1.807, 2.05) is 6.07 Å². The summed E-state index contributed by atoms with van der Waals surface area (Å²) in [6, 6.07) is 6.20. The number of phenols is 1. The van der Waals surface area contributed by atoms with Crippen LogP contribution in [0.1, 0.15) is 49.0 Å². The van der Waals surface area contributed by atoms with E-state index in [9.17, 15) is 5.11 Å². The number of phenolic OH excluding ortho intramolecular Hbond substituents is 1. The fourth-order valence-corrected chi connectivity index (χ4v) is 2.70. The van der Waals surface area contributed by atoms with E-state index >= 15 is 0 Å². The van der Waals surface area contributed by atoms with Crippen molar-refractivity contribution in [3.63, 3.8) is 0 Å². The highest BCUT2D eigenvalue weighted by Crippen LogP contribution is 2.46. The topological polar surface area (TPSA) is 20.2 Å². The van der Waals surface area contributed by atoms with Crippen LogP contribution in [0.5, 0.6) is 5.75 Å². The summed E-state index contributed by atoms with van der Waals surface area (Å²) < 4.78 is 0. The van der Waals surface area contributed by atoms with Crippen LogP contribution in [0.2, 0.25) is 0 Å². The summed E-state index contributed by atoms with van der Waals surface area (Å²) in [7, 11) is 0. The standard InChI is InChI=1S/C14H20OS/c1-9(11-7-8-11)12-5-4-6-13(14(12)15)10(2)16-3/h4-6,9-11,15H,7-8H2,1-3H3. The highest BCUT2D eigenvalue weighted by molar-refractivity contribution is 7.98. The number of hydrogen-bond acceptors (Lipinski definition) is 2. The van der Waals surface area contributed by atoms with Gasteiger partial charge in [0.25, 0.3) is 0 Å². The number of hydrogen-bond donors (Lipinski definition) is 1. The van der Waals surface area contributed by atoms with Crippen molar-refractivity contribution >= 4 is 11.8 Å². The quantitative estimate of drug-likeness (QED) is 0.839. The Morgan fingerprint density at radius 3 is 2.44 bits per heavy atom. The molecule has 0 amide bonds. The third kappa shape index (κ3) is 2.22. The van der Waals surface area contributed by atoms with Gasteiger partial charge >= 0.3 is 0 Å². The Bertz CT molecular complexity index is 371. The molecule has 1 aliphatic rings. The van der Waals surface area contributed by atoms with Crippen molar-refractivity contribution in [1.29, 1.82) is 0 Å². The zero-order chi connectivity index (χ0) is 11.7. The molecule has 1 aliphatic carbocycles. The summed E-state index contributed by atoms with van der Waals surface area (Å²) >= 11 is 1.78. The van der Waals surface area contributed by atoms with Crippen molar-refractivity contribution in [3.05, 3.63) is 29.3 Å². The molecular weight excluding hydrogens is 216 g/mol. The highest BCUT2D eigenvalue weighted by atomic mass is 32.2. The third-order valence-electron chi connectivity index (χ3n) is 3.71. The molecule has 0 bridgehead atoms. The number of thioether (sulfide) groups is 1. The van der Waals surface area contributed by atoms with Gasteiger partial charge in [0, 0.05) is 10.8 Å². The molecule has 1 aromatic rings. The predicted molar refractivity (Wildman–Crippen MR) is 71.2 cm³/mol. The second-order valence-corrected chi connectivity index (χ2v) is 5.97. The molecule has 2 rings (SSSR count). The smallest absolute Gasteiger partial charge is 0.123 e. The fraction of sp³-hybridized carbons (Fsp3) is 0.571. The summed E-state index contributed by atoms with van der Waals surface area (Å²) in [5.74, 6) is 1.84. The van der Waals surface area contributed by atoms with Crippen molar-refractivity contribution in [2.45, 2.75) is 37.9 Å². The van der Waals surface area contributed by atoms with E-state index in [0.717, 1.165) is 17.0 Å². The molecule has 1 N–H and O–H groups in total. The van der Waals surface area contributed by atoms with Crippen molar-refractivity contribution in [2.24, 2.45) is 5.92 Å². The van der Waals surface area contributed by atoms with Gasteiger partial charge in [-0.25, -0.2) is 0 Å². The molecule has 1 aromatic carbocycles. The molecule has 0 radical (unpaired) electrons. The number of benzene rings is 1. The van der Waals surface area contributed by atoms with Gasteiger partial charge in [-0.05, 0) is 43.4 Å². The number of aromatic hydroxyl groups is 1. The first-order chi connectivity index (χ1) is 7.65. The molecule has 2 atom stereocenters. The predicted octanol–water partition coefficient (Wildman–Crippen LogP) is 4.33. The molecule has 0 aliphatic heterocycles. The summed E-state index contributed by atoms with van der Waals surface area (Å²) in [6.07, 6.45) is 4.73. The van der Waals surface area contributed by atoms with Crippen LogP contribution in [-0.2, 0) is 0 Å². The van der Waals surface area contributed by atoms with Crippen molar-refractivity contribution in [3.8, 4) is 5.75 Å². The first-order valence-electron chi connectivity index (χ1n) is 5.99. The molecule has 16 heavy (non-hydrogen) atoms. The molecule has 2 heteroatoms. The zero-order valence-electron chi connectivity index (χ0n) is 10.2. The summed E-state index contributed by atoms with van der Waals surface area (Å²) in [6.45, 7) is 4.38. The Morgan fingerprint density at radius 2 is 1.88 bits per heavy atom. The van der Waals surface area contributed by atoms with Gasteiger partial charge in [-0.3, -0.25) is 0 Å². The van der Waals surface area contributed by atoms with E-state index in [0.29, 0.717) is 16.9 Å². The van der Waals surface area contributed by atoms with Gasteiger partial charge in [-0.1, -0.05) is 25.1 Å². The lowest BCUT2D eigenvalue weighted by Gasteiger charge is -2.17. The van der Waals surface area contributed by atoms with Gasteiger partial charge in [-0.2, -0.15) is 11.8 Å². The number of para-hydroxylation sites is 1. The largest absolute Gasteiger partial charge is 0.507 e. The number of rotatable bonds is 4. The first kappa shape index (κ1) is 11.8. The molecule has 0 saturated heterocycles. The van der Waals surface area contributed by atoms with Gasteiger partial charge in [0.15, 0.2) is 0 Å². The Labute approximate surface area is 102 Å². The van der Waals surface area contributed by atoms with E-state index < -0.39 is 0 Å². The second-order valence-electron chi connectivity index (χ2n) is 4.79. The van der Waals surface area contributed by atoms with E-state index in [2.05, 4.69) is 32.2 Å². The summed E-state index contributed by atoms with van der Waals surface area (Å²) in [4.78, 5) is 0. The van der Waals surface area contributed by atoms with Crippen LogP contribution in [-0.4, -0.2) is 11.4 Å². The van der Waals surface area contributed by atoms with Crippen molar-refractivity contribution in [1.82, 2.24) is 0 Å². The maximum Gasteiger partial charge on any atom is 0.123 e. The molecule has 88 valence electrons. The normalized spacial score (nSPS) is 19.4. The molecule has 0 spiro atoms. The molecule has 2 unspecified atom stereocenters. The van der Waals surface area contributed by atoms with E-state index in [1.165, 1.54) is 12.8 Å². The lowest BCUT2D eigenvalue weighted by Crippen LogP contribution is -1.99. The van der Waals surface area contributed by atoms with E-state index in [4.69, 9.17) is 0 Å². The van der Waals surface area contributed by atoms with Crippen LogP contribution in [0.25, 0.3) is 0 Å². The van der Waals surface area contributed by atoms with Gasteiger partial charge < -0.3 is 5.11 Å². The van der Waals surface area contributed by atoms with Crippen molar-refractivity contribution < 1.29 is 5.11 Å². The molecule has 0 heterocycles. The Kier molecular flexibility index (Phi) is 3.48. The van der Waals surface area contributed by atoms with Crippen LogP contribution < -0.4 is 0 Å². The van der Waals surface area contributed by atoms with Crippen LogP contribution in [0.3, 0.4) is 0 Å². The van der Waals surface area contributed by atoms with Gasteiger partial charge in [0.1, 0.15) is 5.75 Å². The average Bonchev–Trinajstić information content (AvgIpc) is 3.11. The van der Waals surface area contributed by atoms with Gasteiger partial charge in [-0.15, -0.1) is 0 Å². The third-order valence-corrected chi connectivity index (χ3v) is 4.67. The lowest BCUT2D eigenvalue weighted by atomic mass is 9.93. The van der Waals surface area contributed by atoms with Gasteiger partial charge in [0.05, 0.1) is 0 Å². The summed E-state index contributed by atoms with van der Waals surface area (Å²) in [5, 5.41) is 10.7. The molecule has 1 saturated carbocycles. The Morgan fingerprint density at radius 1 is 1.25 bits per heavy atom. The van der Waals surface area contributed by atoms with Crippen LogP contribution in [0.15, 0.2) is 18.2 Å². The minimum absolute atomic E-state index is 0.367. The van der Waals surface area contributed by atoms with Crippen LogP contribution in [0, 0.1) is 5.92 Å². The van der Waals surface area contributed by atoms with E-state index in [-0.39, 0.29) is 0 Å². The second kappa shape index (κ2) is 4.70. The minimum Gasteiger partial charge on any atom is -0.507 e. The molecule has 0 aromatic heterocycles. The Hall–Kier alpha value is -0.630. The zero-order valence-corrected chi connectivity index (χ0v) is 11.1. The average molecular weight is 236 g/mol. The van der Waals surface area contributed by atoms with Gasteiger partial charge in [0.2, 0.25) is 0 Å².